The third-order valence-electron chi connectivity index (χ3n) is 2.67. The van der Waals surface area contributed by atoms with Crippen LogP contribution < -0.4 is 5.32 Å². The second kappa shape index (κ2) is 4.53. The number of aromatic nitrogens is 1. The summed E-state index contributed by atoms with van der Waals surface area (Å²) in [6.45, 7) is 3.88. The molecule has 1 N–H and O–H groups in total. The molecule has 2 unspecified atom stereocenters. The Labute approximate surface area is 84.5 Å². The minimum absolute atomic E-state index is 0.340. The van der Waals surface area contributed by atoms with Gasteiger partial charge in [-0.3, -0.25) is 4.98 Å². The largest absolute Gasteiger partial charge is 0.377 e. The Morgan fingerprint density at radius 2 is 2.57 bits per heavy atom. The first-order chi connectivity index (χ1) is 6.86. The minimum Gasteiger partial charge on any atom is -0.377 e. The highest BCUT2D eigenvalue weighted by atomic mass is 16.5. The molecule has 14 heavy (non-hydrogen) atoms. The van der Waals surface area contributed by atoms with Crippen molar-refractivity contribution in [2.45, 2.75) is 32.0 Å². The molecule has 0 saturated carbocycles. The predicted octanol–water partition coefficient (Wildman–Crippen LogP) is 1.35. The average Bonchev–Trinajstić information content (AvgIpc) is 2.63. The zero-order valence-corrected chi connectivity index (χ0v) is 8.44. The first-order valence-corrected chi connectivity index (χ1v) is 5.10. The van der Waals surface area contributed by atoms with Gasteiger partial charge in [-0.15, -0.1) is 0 Å². The molecule has 1 aliphatic rings. The summed E-state index contributed by atoms with van der Waals surface area (Å²) in [5.41, 5.74) is 1.23. The van der Waals surface area contributed by atoms with E-state index in [1.807, 2.05) is 12.3 Å². The molecule has 0 aromatic carbocycles. The van der Waals surface area contributed by atoms with E-state index in [0.717, 1.165) is 19.6 Å². The molecule has 76 valence electrons. The third-order valence-corrected chi connectivity index (χ3v) is 2.67. The van der Waals surface area contributed by atoms with Crippen molar-refractivity contribution in [2.24, 2.45) is 0 Å². The van der Waals surface area contributed by atoms with Gasteiger partial charge in [-0.1, -0.05) is 6.07 Å². The number of rotatable bonds is 3. The molecular weight excluding hydrogens is 176 g/mol. The summed E-state index contributed by atoms with van der Waals surface area (Å²) in [6, 6.07) is 4.54. The number of hydrogen-bond donors (Lipinski definition) is 1. The second-order valence-electron chi connectivity index (χ2n) is 3.71. The summed E-state index contributed by atoms with van der Waals surface area (Å²) in [5.74, 6) is 0. The van der Waals surface area contributed by atoms with E-state index >= 15 is 0 Å². The molecular formula is C11H16N2O. The molecule has 1 fully saturated rings. The SMILES string of the molecule is CC1OCCC1NCc1cccnc1. The fraction of sp³-hybridized carbons (Fsp3) is 0.545. The molecule has 0 aliphatic carbocycles. The number of pyridine rings is 1. The highest BCUT2D eigenvalue weighted by Gasteiger charge is 2.23. The molecule has 2 rings (SSSR count). The molecule has 1 aromatic rings. The number of nitrogens with zero attached hydrogens (tertiary/aromatic N) is 1. The van der Waals surface area contributed by atoms with Crippen LogP contribution in [0.3, 0.4) is 0 Å². The first kappa shape index (κ1) is 9.62. The van der Waals surface area contributed by atoms with Crippen LogP contribution in [0.15, 0.2) is 24.5 Å². The molecule has 2 atom stereocenters. The van der Waals surface area contributed by atoms with Gasteiger partial charge in [0, 0.05) is 31.6 Å². The number of hydrogen-bond acceptors (Lipinski definition) is 3. The van der Waals surface area contributed by atoms with Crippen LogP contribution in [-0.2, 0) is 11.3 Å². The van der Waals surface area contributed by atoms with Crippen LogP contribution in [0, 0.1) is 0 Å². The molecule has 3 nitrogen and oxygen atoms in total. The molecule has 1 saturated heterocycles. The quantitative estimate of drug-likeness (QED) is 0.785. The van der Waals surface area contributed by atoms with E-state index in [0.29, 0.717) is 12.1 Å². The van der Waals surface area contributed by atoms with E-state index in [9.17, 15) is 0 Å². The molecule has 1 aliphatic heterocycles. The summed E-state index contributed by atoms with van der Waals surface area (Å²) in [6.07, 6.45) is 5.14. The summed E-state index contributed by atoms with van der Waals surface area (Å²) in [7, 11) is 0. The zero-order chi connectivity index (χ0) is 9.80. The molecule has 0 radical (unpaired) electrons. The Bertz CT molecular complexity index is 276. The van der Waals surface area contributed by atoms with Gasteiger partial charge >= 0.3 is 0 Å². The van der Waals surface area contributed by atoms with Crippen molar-refractivity contribution in [3.05, 3.63) is 30.1 Å². The Morgan fingerprint density at radius 1 is 1.64 bits per heavy atom. The Balaban J connectivity index is 1.82. The minimum atomic E-state index is 0.340. The summed E-state index contributed by atoms with van der Waals surface area (Å²) < 4.78 is 5.48. The maximum absolute atomic E-state index is 5.48. The van der Waals surface area contributed by atoms with Crippen molar-refractivity contribution in [3.8, 4) is 0 Å². The van der Waals surface area contributed by atoms with E-state index < -0.39 is 0 Å². The molecule has 3 heteroatoms. The lowest BCUT2D eigenvalue weighted by Gasteiger charge is -2.15. The van der Waals surface area contributed by atoms with E-state index in [4.69, 9.17) is 4.74 Å². The van der Waals surface area contributed by atoms with Gasteiger partial charge in [0.2, 0.25) is 0 Å². The highest BCUT2D eigenvalue weighted by Crippen LogP contribution is 2.12. The van der Waals surface area contributed by atoms with Crippen molar-refractivity contribution >= 4 is 0 Å². The fourth-order valence-electron chi connectivity index (χ4n) is 1.75. The van der Waals surface area contributed by atoms with E-state index in [-0.39, 0.29) is 0 Å². The van der Waals surface area contributed by atoms with Crippen LogP contribution in [0.2, 0.25) is 0 Å². The van der Waals surface area contributed by atoms with Crippen LogP contribution in [0.5, 0.6) is 0 Å². The van der Waals surface area contributed by atoms with Crippen LogP contribution in [0.4, 0.5) is 0 Å². The van der Waals surface area contributed by atoms with E-state index in [2.05, 4.69) is 23.3 Å². The lowest BCUT2D eigenvalue weighted by atomic mass is 10.1. The van der Waals surface area contributed by atoms with E-state index in [1.54, 1.807) is 6.20 Å². The van der Waals surface area contributed by atoms with Gasteiger partial charge in [-0.25, -0.2) is 0 Å². The summed E-state index contributed by atoms with van der Waals surface area (Å²) in [4.78, 5) is 4.08. The lowest BCUT2D eigenvalue weighted by molar-refractivity contribution is 0.113. The van der Waals surface area contributed by atoms with Gasteiger partial charge < -0.3 is 10.1 Å². The van der Waals surface area contributed by atoms with Crippen molar-refractivity contribution in [3.63, 3.8) is 0 Å². The van der Waals surface area contributed by atoms with Gasteiger partial charge in [0.1, 0.15) is 0 Å². The molecule has 0 bridgehead atoms. The van der Waals surface area contributed by atoms with Crippen molar-refractivity contribution < 1.29 is 4.74 Å². The first-order valence-electron chi connectivity index (χ1n) is 5.10. The topological polar surface area (TPSA) is 34.1 Å². The Kier molecular flexibility index (Phi) is 3.11. The van der Waals surface area contributed by atoms with Crippen molar-refractivity contribution in [2.75, 3.05) is 6.61 Å². The lowest BCUT2D eigenvalue weighted by Crippen LogP contribution is -2.34. The van der Waals surface area contributed by atoms with Crippen LogP contribution in [0.1, 0.15) is 18.9 Å². The Hall–Kier alpha value is -0.930. The molecule has 0 amide bonds. The fourth-order valence-corrected chi connectivity index (χ4v) is 1.75. The maximum atomic E-state index is 5.48. The highest BCUT2D eigenvalue weighted by molar-refractivity contribution is 5.08. The van der Waals surface area contributed by atoms with E-state index in [1.165, 1.54) is 5.56 Å². The maximum Gasteiger partial charge on any atom is 0.0700 e. The number of ether oxygens (including phenoxy) is 1. The van der Waals surface area contributed by atoms with Crippen molar-refractivity contribution in [1.82, 2.24) is 10.3 Å². The molecule has 1 aromatic heterocycles. The van der Waals surface area contributed by atoms with Crippen LogP contribution >= 0.6 is 0 Å². The normalized spacial score (nSPS) is 26.6. The standard InChI is InChI=1S/C11H16N2O/c1-9-11(4-6-14-9)13-8-10-3-2-5-12-7-10/h2-3,5,7,9,11,13H,4,6,8H2,1H3. The van der Waals surface area contributed by atoms with Crippen molar-refractivity contribution in [1.29, 1.82) is 0 Å². The average molecular weight is 192 g/mol. The second-order valence-corrected chi connectivity index (χ2v) is 3.71. The smallest absolute Gasteiger partial charge is 0.0700 e. The molecule has 0 spiro atoms. The van der Waals surface area contributed by atoms with Gasteiger partial charge in [0.15, 0.2) is 0 Å². The Morgan fingerprint density at radius 3 is 3.21 bits per heavy atom. The van der Waals surface area contributed by atoms with Gasteiger partial charge in [0.25, 0.3) is 0 Å². The van der Waals surface area contributed by atoms with Crippen LogP contribution in [0.25, 0.3) is 0 Å². The third kappa shape index (κ3) is 2.30. The summed E-state index contributed by atoms with van der Waals surface area (Å²) in [5, 5.41) is 3.48. The predicted molar refractivity (Wildman–Crippen MR) is 54.9 cm³/mol. The summed E-state index contributed by atoms with van der Waals surface area (Å²) >= 11 is 0. The zero-order valence-electron chi connectivity index (χ0n) is 8.44. The monoisotopic (exact) mass is 192 g/mol. The number of nitrogens with one attached hydrogen (secondary N) is 1. The van der Waals surface area contributed by atoms with Gasteiger partial charge in [-0.05, 0) is 25.0 Å². The van der Waals surface area contributed by atoms with Gasteiger partial charge in [0.05, 0.1) is 6.10 Å². The van der Waals surface area contributed by atoms with Crippen LogP contribution in [-0.4, -0.2) is 23.7 Å². The van der Waals surface area contributed by atoms with Gasteiger partial charge in [-0.2, -0.15) is 0 Å². The molecule has 2 heterocycles.